The first-order chi connectivity index (χ1) is 11.0. The standard InChI is InChI=1S/C18H15ClO4/c1-23-16-8-4-13(5-9-16)18(22)11-15(20)10-17(21)12-2-6-14(19)7-3-12/h2-9H,10-11H2,1H3. The summed E-state index contributed by atoms with van der Waals surface area (Å²) in [5.41, 5.74) is 0.817. The normalized spacial score (nSPS) is 10.2. The average molecular weight is 331 g/mol. The SMILES string of the molecule is COc1ccc(C(=O)CC(=O)CC(=O)c2ccc(Cl)cc2)cc1. The molecule has 0 bridgehead atoms. The van der Waals surface area contributed by atoms with Gasteiger partial charge in [-0.2, -0.15) is 0 Å². The Hall–Kier alpha value is -2.46. The van der Waals surface area contributed by atoms with Gasteiger partial charge in [0.05, 0.1) is 20.0 Å². The van der Waals surface area contributed by atoms with Gasteiger partial charge in [-0.3, -0.25) is 14.4 Å². The Morgan fingerprint density at radius 3 is 1.70 bits per heavy atom. The number of methoxy groups -OCH3 is 1. The molecule has 0 unspecified atom stereocenters. The molecule has 0 aliphatic rings. The van der Waals surface area contributed by atoms with E-state index in [2.05, 4.69) is 0 Å². The van der Waals surface area contributed by atoms with Gasteiger partial charge >= 0.3 is 0 Å². The molecule has 0 atom stereocenters. The Balaban J connectivity index is 1.94. The lowest BCUT2D eigenvalue weighted by molar-refractivity contribution is -0.117. The number of halogens is 1. The van der Waals surface area contributed by atoms with Crippen LogP contribution in [-0.2, 0) is 4.79 Å². The molecule has 0 saturated heterocycles. The number of carbonyl (C=O) groups excluding carboxylic acids is 3. The summed E-state index contributed by atoms with van der Waals surface area (Å²) in [4.78, 5) is 35.9. The molecule has 2 aromatic carbocycles. The van der Waals surface area contributed by atoms with Crippen molar-refractivity contribution in [2.45, 2.75) is 12.8 Å². The minimum atomic E-state index is -0.411. The van der Waals surface area contributed by atoms with Gasteiger partial charge in [0.15, 0.2) is 11.6 Å². The van der Waals surface area contributed by atoms with Crippen molar-refractivity contribution in [2.24, 2.45) is 0 Å². The molecule has 0 aliphatic heterocycles. The number of ketones is 3. The predicted molar refractivity (Wildman–Crippen MR) is 87.3 cm³/mol. The summed E-state index contributed by atoms with van der Waals surface area (Å²) in [5, 5.41) is 0.516. The maximum absolute atomic E-state index is 12.0. The van der Waals surface area contributed by atoms with Crippen LogP contribution in [-0.4, -0.2) is 24.5 Å². The largest absolute Gasteiger partial charge is 0.497 e. The molecule has 0 aromatic heterocycles. The van der Waals surface area contributed by atoms with Crippen LogP contribution >= 0.6 is 11.6 Å². The molecule has 0 amide bonds. The average Bonchev–Trinajstić information content (AvgIpc) is 2.55. The number of ether oxygens (including phenoxy) is 1. The van der Waals surface area contributed by atoms with Crippen LogP contribution in [0.4, 0.5) is 0 Å². The van der Waals surface area contributed by atoms with Crippen LogP contribution in [0.25, 0.3) is 0 Å². The minimum Gasteiger partial charge on any atom is -0.497 e. The molecule has 0 saturated carbocycles. The van der Waals surface area contributed by atoms with Gasteiger partial charge in [-0.25, -0.2) is 0 Å². The molecule has 0 heterocycles. The number of hydrogen-bond donors (Lipinski definition) is 0. The molecule has 5 heteroatoms. The Bertz CT molecular complexity index is 718. The van der Waals surface area contributed by atoms with Crippen LogP contribution in [0, 0.1) is 0 Å². The lowest BCUT2D eigenvalue weighted by Crippen LogP contribution is -2.13. The fourth-order valence-electron chi connectivity index (χ4n) is 2.04. The highest BCUT2D eigenvalue weighted by molar-refractivity contribution is 6.30. The minimum absolute atomic E-state index is 0.300. The summed E-state index contributed by atoms with van der Waals surface area (Å²) in [6, 6.07) is 12.8. The highest BCUT2D eigenvalue weighted by atomic mass is 35.5. The van der Waals surface area contributed by atoms with Crippen molar-refractivity contribution in [1.29, 1.82) is 0 Å². The Kier molecular flexibility index (Phi) is 5.66. The molecule has 0 aliphatic carbocycles. The second-order valence-corrected chi connectivity index (χ2v) is 5.41. The van der Waals surface area contributed by atoms with Crippen LogP contribution in [0.5, 0.6) is 5.75 Å². The molecular weight excluding hydrogens is 316 g/mol. The first-order valence-corrected chi connectivity index (χ1v) is 7.35. The number of benzene rings is 2. The van der Waals surface area contributed by atoms with Gasteiger partial charge in [0.1, 0.15) is 11.5 Å². The zero-order valence-electron chi connectivity index (χ0n) is 12.5. The number of hydrogen-bond acceptors (Lipinski definition) is 4. The van der Waals surface area contributed by atoms with Gasteiger partial charge in [0.2, 0.25) is 0 Å². The van der Waals surface area contributed by atoms with Crippen LogP contribution < -0.4 is 4.74 Å². The zero-order valence-corrected chi connectivity index (χ0v) is 13.3. The third-order valence-electron chi connectivity index (χ3n) is 3.29. The van der Waals surface area contributed by atoms with Gasteiger partial charge in [0, 0.05) is 16.1 Å². The van der Waals surface area contributed by atoms with E-state index in [1.54, 1.807) is 48.5 Å². The third-order valence-corrected chi connectivity index (χ3v) is 3.55. The number of carbonyl (C=O) groups is 3. The van der Waals surface area contributed by atoms with Gasteiger partial charge in [0.25, 0.3) is 0 Å². The molecule has 4 nitrogen and oxygen atoms in total. The zero-order chi connectivity index (χ0) is 16.8. The predicted octanol–water partition coefficient (Wildman–Crippen LogP) is 3.76. The van der Waals surface area contributed by atoms with Crippen LogP contribution in [0.15, 0.2) is 48.5 Å². The van der Waals surface area contributed by atoms with E-state index in [-0.39, 0.29) is 24.4 Å². The molecule has 118 valence electrons. The number of rotatable bonds is 7. The van der Waals surface area contributed by atoms with Crippen molar-refractivity contribution in [3.8, 4) is 5.75 Å². The van der Waals surface area contributed by atoms with Crippen LogP contribution in [0.1, 0.15) is 33.6 Å². The van der Waals surface area contributed by atoms with E-state index >= 15 is 0 Å². The fraction of sp³-hybridized carbons (Fsp3) is 0.167. The lowest BCUT2D eigenvalue weighted by Gasteiger charge is -2.03. The van der Waals surface area contributed by atoms with E-state index in [0.29, 0.717) is 21.9 Å². The molecule has 2 aromatic rings. The molecule has 0 spiro atoms. The quantitative estimate of drug-likeness (QED) is 0.573. The van der Waals surface area contributed by atoms with Crippen LogP contribution in [0.3, 0.4) is 0 Å². The molecule has 0 radical (unpaired) electrons. The highest BCUT2D eigenvalue weighted by Gasteiger charge is 2.16. The first-order valence-electron chi connectivity index (χ1n) is 6.97. The summed E-state index contributed by atoms with van der Waals surface area (Å²) in [6.45, 7) is 0. The van der Waals surface area contributed by atoms with Gasteiger partial charge in [-0.05, 0) is 48.5 Å². The smallest absolute Gasteiger partial charge is 0.170 e. The van der Waals surface area contributed by atoms with Crippen molar-refractivity contribution >= 4 is 29.0 Å². The van der Waals surface area contributed by atoms with Gasteiger partial charge in [-0.15, -0.1) is 0 Å². The summed E-state index contributed by atoms with van der Waals surface area (Å²) in [5.74, 6) is -0.424. The fourth-order valence-corrected chi connectivity index (χ4v) is 2.16. The summed E-state index contributed by atoms with van der Waals surface area (Å²) < 4.78 is 5.01. The van der Waals surface area contributed by atoms with Crippen molar-refractivity contribution in [2.75, 3.05) is 7.11 Å². The molecule has 2 rings (SSSR count). The second kappa shape index (κ2) is 7.70. The summed E-state index contributed by atoms with van der Waals surface area (Å²) >= 11 is 5.75. The first kappa shape index (κ1) is 16.9. The van der Waals surface area contributed by atoms with E-state index in [4.69, 9.17) is 16.3 Å². The number of Topliss-reactive ketones (excluding diaryl/α,β-unsaturated/α-hetero) is 3. The third kappa shape index (κ3) is 4.76. The summed E-state index contributed by atoms with van der Waals surface area (Å²) in [7, 11) is 1.53. The van der Waals surface area contributed by atoms with E-state index in [0.717, 1.165) is 0 Å². The van der Waals surface area contributed by atoms with Gasteiger partial charge < -0.3 is 4.74 Å². The van der Waals surface area contributed by atoms with Crippen molar-refractivity contribution in [1.82, 2.24) is 0 Å². The second-order valence-electron chi connectivity index (χ2n) is 4.97. The van der Waals surface area contributed by atoms with E-state index in [1.807, 2.05) is 0 Å². The summed E-state index contributed by atoms with van der Waals surface area (Å²) in [6.07, 6.45) is -0.602. The topological polar surface area (TPSA) is 60.4 Å². The Morgan fingerprint density at radius 1 is 0.826 bits per heavy atom. The Morgan fingerprint density at radius 2 is 1.26 bits per heavy atom. The molecular formula is C18H15ClO4. The van der Waals surface area contributed by atoms with E-state index in [1.165, 1.54) is 7.11 Å². The molecule has 0 fully saturated rings. The van der Waals surface area contributed by atoms with E-state index in [9.17, 15) is 14.4 Å². The monoisotopic (exact) mass is 330 g/mol. The van der Waals surface area contributed by atoms with Crippen molar-refractivity contribution in [3.63, 3.8) is 0 Å². The van der Waals surface area contributed by atoms with Gasteiger partial charge in [-0.1, -0.05) is 11.6 Å². The maximum Gasteiger partial charge on any atom is 0.170 e. The molecule has 23 heavy (non-hydrogen) atoms. The lowest BCUT2D eigenvalue weighted by atomic mass is 10.0. The Labute approximate surface area is 139 Å². The van der Waals surface area contributed by atoms with Crippen LogP contribution in [0.2, 0.25) is 5.02 Å². The van der Waals surface area contributed by atoms with E-state index < -0.39 is 5.78 Å². The van der Waals surface area contributed by atoms with Crippen molar-refractivity contribution < 1.29 is 19.1 Å². The van der Waals surface area contributed by atoms with Crippen molar-refractivity contribution in [3.05, 3.63) is 64.7 Å². The highest BCUT2D eigenvalue weighted by Crippen LogP contribution is 2.14. The maximum atomic E-state index is 12.0. The molecule has 0 N–H and O–H groups in total.